The SMILES string of the molecule is CCCNC(C#N)COC1CCCCC1C. The van der Waals surface area contributed by atoms with Crippen molar-refractivity contribution in [3.63, 3.8) is 0 Å². The van der Waals surface area contributed by atoms with Crippen LogP contribution in [-0.2, 0) is 4.74 Å². The summed E-state index contributed by atoms with van der Waals surface area (Å²) in [5.74, 6) is 0.652. The van der Waals surface area contributed by atoms with Crippen molar-refractivity contribution in [1.82, 2.24) is 5.32 Å². The molecule has 0 saturated heterocycles. The fourth-order valence-electron chi connectivity index (χ4n) is 2.21. The first-order valence-electron chi connectivity index (χ1n) is 6.52. The molecule has 3 heteroatoms. The summed E-state index contributed by atoms with van der Waals surface area (Å²) >= 11 is 0. The zero-order valence-corrected chi connectivity index (χ0v) is 10.5. The normalized spacial score (nSPS) is 27.3. The Morgan fingerprint density at radius 1 is 1.44 bits per heavy atom. The van der Waals surface area contributed by atoms with E-state index in [-0.39, 0.29) is 6.04 Å². The summed E-state index contributed by atoms with van der Waals surface area (Å²) < 4.78 is 5.86. The summed E-state index contributed by atoms with van der Waals surface area (Å²) in [6.07, 6.45) is 6.45. The molecule has 3 nitrogen and oxygen atoms in total. The Morgan fingerprint density at radius 2 is 2.19 bits per heavy atom. The molecule has 0 aromatic carbocycles. The molecular formula is C13H24N2O. The molecule has 16 heavy (non-hydrogen) atoms. The lowest BCUT2D eigenvalue weighted by Crippen LogP contribution is -2.36. The monoisotopic (exact) mass is 224 g/mol. The van der Waals surface area contributed by atoms with Crippen molar-refractivity contribution < 1.29 is 4.74 Å². The molecular weight excluding hydrogens is 200 g/mol. The van der Waals surface area contributed by atoms with Gasteiger partial charge in [-0.3, -0.25) is 0 Å². The van der Waals surface area contributed by atoms with Gasteiger partial charge in [-0.15, -0.1) is 0 Å². The number of nitrogens with zero attached hydrogens (tertiary/aromatic N) is 1. The van der Waals surface area contributed by atoms with Crippen LogP contribution in [-0.4, -0.2) is 25.3 Å². The highest BCUT2D eigenvalue weighted by Crippen LogP contribution is 2.26. The Bertz CT molecular complexity index is 224. The van der Waals surface area contributed by atoms with Gasteiger partial charge in [0.25, 0.3) is 0 Å². The van der Waals surface area contributed by atoms with Crippen LogP contribution in [0.3, 0.4) is 0 Å². The highest BCUT2D eigenvalue weighted by atomic mass is 16.5. The van der Waals surface area contributed by atoms with E-state index in [9.17, 15) is 0 Å². The van der Waals surface area contributed by atoms with Crippen molar-refractivity contribution in [1.29, 1.82) is 5.26 Å². The van der Waals surface area contributed by atoms with Crippen LogP contribution in [0.25, 0.3) is 0 Å². The van der Waals surface area contributed by atoms with Gasteiger partial charge < -0.3 is 10.1 Å². The highest BCUT2D eigenvalue weighted by Gasteiger charge is 2.22. The van der Waals surface area contributed by atoms with Gasteiger partial charge in [-0.25, -0.2) is 0 Å². The number of ether oxygens (including phenoxy) is 1. The van der Waals surface area contributed by atoms with Crippen molar-refractivity contribution in [3.05, 3.63) is 0 Å². The molecule has 1 rings (SSSR count). The Balaban J connectivity index is 2.23. The van der Waals surface area contributed by atoms with Crippen LogP contribution in [0.2, 0.25) is 0 Å². The summed E-state index contributed by atoms with van der Waals surface area (Å²) in [7, 11) is 0. The molecule has 0 amide bonds. The van der Waals surface area contributed by atoms with Crippen LogP contribution < -0.4 is 5.32 Å². The van der Waals surface area contributed by atoms with Gasteiger partial charge >= 0.3 is 0 Å². The van der Waals surface area contributed by atoms with E-state index in [1.165, 1.54) is 19.3 Å². The van der Waals surface area contributed by atoms with E-state index in [4.69, 9.17) is 10.00 Å². The van der Waals surface area contributed by atoms with E-state index in [2.05, 4.69) is 25.2 Å². The van der Waals surface area contributed by atoms with Crippen molar-refractivity contribution in [2.24, 2.45) is 5.92 Å². The molecule has 0 aromatic rings. The third kappa shape index (κ3) is 4.51. The second-order valence-electron chi connectivity index (χ2n) is 4.77. The molecule has 1 aliphatic carbocycles. The molecule has 1 fully saturated rings. The molecule has 0 radical (unpaired) electrons. The summed E-state index contributed by atoms with van der Waals surface area (Å²) in [6.45, 7) is 5.78. The second kappa shape index (κ2) is 7.65. The lowest BCUT2D eigenvalue weighted by Gasteiger charge is -2.29. The van der Waals surface area contributed by atoms with Crippen LogP contribution in [0.15, 0.2) is 0 Å². The maximum Gasteiger partial charge on any atom is 0.119 e. The van der Waals surface area contributed by atoms with Gasteiger partial charge in [-0.1, -0.05) is 26.7 Å². The molecule has 0 aromatic heterocycles. The minimum atomic E-state index is -0.144. The summed E-state index contributed by atoms with van der Waals surface area (Å²) in [5.41, 5.74) is 0. The summed E-state index contributed by atoms with van der Waals surface area (Å²) in [6, 6.07) is 2.11. The zero-order chi connectivity index (χ0) is 11.8. The maximum absolute atomic E-state index is 8.96. The quantitative estimate of drug-likeness (QED) is 0.754. The Morgan fingerprint density at radius 3 is 2.81 bits per heavy atom. The first kappa shape index (κ1) is 13.5. The first-order valence-corrected chi connectivity index (χ1v) is 6.52. The molecule has 0 bridgehead atoms. The molecule has 3 unspecified atom stereocenters. The number of hydrogen-bond acceptors (Lipinski definition) is 3. The minimum Gasteiger partial charge on any atom is -0.375 e. The average molecular weight is 224 g/mol. The molecule has 1 saturated carbocycles. The largest absolute Gasteiger partial charge is 0.375 e. The fraction of sp³-hybridized carbons (Fsp3) is 0.923. The van der Waals surface area contributed by atoms with Crippen molar-refractivity contribution in [2.45, 2.75) is 58.1 Å². The molecule has 92 valence electrons. The van der Waals surface area contributed by atoms with Gasteiger partial charge in [0.1, 0.15) is 6.04 Å². The van der Waals surface area contributed by atoms with Crippen molar-refractivity contribution in [2.75, 3.05) is 13.2 Å². The minimum absolute atomic E-state index is 0.144. The lowest BCUT2D eigenvalue weighted by atomic mass is 9.88. The van der Waals surface area contributed by atoms with Crippen LogP contribution in [0, 0.1) is 17.2 Å². The molecule has 0 spiro atoms. The third-order valence-corrected chi connectivity index (χ3v) is 3.31. The van der Waals surface area contributed by atoms with E-state index < -0.39 is 0 Å². The topological polar surface area (TPSA) is 45.0 Å². The molecule has 1 aliphatic rings. The smallest absolute Gasteiger partial charge is 0.119 e. The van der Waals surface area contributed by atoms with Gasteiger partial charge in [0.2, 0.25) is 0 Å². The second-order valence-corrected chi connectivity index (χ2v) is 4.77. The van der Waals surface area contributed by atoms with Crippen LogP contribution in [0.5, 0.6) is 0 Å². The standard InChI is InChI=1S/C13H24N2O/c1-3-8-15-12(9-14)10-16-13-7-5-4-6-11(13)2/h11-13,15H,3-8,10H2,1-2H3. The Hall–Kier alpha value is -0.590. The average Bonchev–Trinajstić information content (AvgIpc) is 2.31. The third-order valence-electron chi connectivity index (χ3n) is 3.31. The molecule has 1 N–H and O–H groups in total. The van der Waals surface area contributed by atoms with Crippen LogP contribution in [0.1, 0.15) is 46.0 Å². The zero-order valence-electron chi connectivity index (χ0n) is 10.5. The van der Waals surface area contributed by atoms with E-state index in [0.717, 1.165) is 19.4 Å². The number of nitriles is 1. The van der Waals surface area contributed by atoms with E-state index in [1.54, 1.807) is 0 Å². The fourth-order valence-corrected chi connectivity index (χ4v) is 2.21. The van der Waals surface area contributed by atoms with E-state index in [0.29, 0.717) is 18.6 Å². The highest BCUT2D eigenvalue weighted by molar-refractivity contribution is 4.90. The van der Waals surface area contributed by atoms with Gasteiger partial charge in [0.15, 0.2) is 0 Å². The van der Waals surface area contributed by atoms with E-state index in [1.807, 2.05) is 0 Å². The number of hydrogen-bond donors (Lipinski definition) is 1. The number of rotatable bonds is 6. The van der Waals surface area contributed by atoms with E-state index >= 15 is 0 Å². The van der Waals surface area contributed by atoms with Crippen molar-refractivity contribution in [3.8, 4) is 6.07 Å². The molecule has 0 heterocycles. The predicted octanol–water partition coefficient (Wildman–Crippen LogP) is 2.47. The Kier molecular flexibility index (Phi) is 6.44. The maximum atomic E-state index is 8.96. The molecule has 0 aliphatic heterocycles. The molecule has 3 atom stereocenters. The van der Waals surface area contributed by atoms with Gasteiger partial charge in [-0.05, 0) is 31.7 Å². The van der Waals surface area contributed by atoms with Gasteiger partial charge in [0.05, 0.1) is 18.8 Å². The number of nitrogens with one attached hydrogen (secondary N) is 1. The van der Waals surface area contributed by atoms with Gasteiger partial charge in [-0.2, -0.15) is 5.26 Å². The van der Waals surface area contributed by atoms with Crippen molar-refractivity contribution >= 4 is 0 Å². The van der Waals surface area contributed by atoms with Crippen LogP contribution in [0.4, 0.5) is 0 Å². The lowest BCUT2D eigenvalue weighted by molar-refractivity contribution is -0.00940. The summed E-state index contributed by atoms with van der Waals surface area (Å²) in [5, 5.41) is 12.1. The predicted molar refractivity (Wildman–Crippen MR) is 65.1 cm³/mol. The Labute approximate surface area is 99.2 Å². The summed E-state index contributed by atoms with van der Waals surface area (Å²) in [4.78, 5) is 0. The van der Waals surface area contributed by atoms with Gasteiger partial charge in [0, 0.05) is 0 Å². The van der Waals surface area contributed by atoms with Crippen LogP contribution >= 0.6 is 0 Å². The first-order chi connectivity index (χ1) is 7.77.